The maximum Gasteiger partial charge on any atom is 0.262 e. The number of rotatable bonds is 6. The van der Waals surface area contributed by atoms with E-state index in [2.05, 4.69) is 10.8 Å². The molecule has 1 N–H and O–H groups in total. The van der Waals surface area contributed by atoms with E-state index in [1.165, 1.54) is 33.5 Å². The Balaban J connectivity index is 2.05. The van der Waals surface area contributed by atoms with Gasteiger partial charge in [-0.05, 0) is 18.2 Å². The van der Waals surface area contributed by atoms with Gasteiger partial charge in [0.05, 0.1) is 31.8 Å². The summed E-state index contributed by atoms with van der Waals surface area (Å²) in [6, 6.07) is 9.84. The predicted octanol–water partition coefficient (Wildman–Crippen LogP) is 2.88. The summed E-state index contributed by atoms with van der Waals surface area (Å²) in [4.78, 5) is -0.0457. The van der Waals surface area contributed by atoms with Crippen molar-refractivity contribution < 1.29 is 22.6 Å². The van der Waals surface area contributed by atoms with Crippen molar-refractivity contribution in [3.05, 3.63) is 42.1 Å². The van der Waals surface area contributed by atoms with Crippen LogP contribution in [0.2, 0.25) is 0 Å². The first-order valence-electron chi connectivity index (χ1n) is 8.16. The van der Waals surface area contributed by atoms with Crippen molar-refractivity contribution >= 4 is 26.6 Å². The molecule has 0 unspecified atom stereocenters. The number of ether oxygens (including phenoxy) is 3. The number of fused-ring (bicyclic) bond motifs is 1. The van der Waals surface area contributed by atoms with Gasteiger partial charge in [0.15, 0.2) is 11.5 Å². The molecule has 0 bridgehead atoms. The highest BCUT2D eigenvalue weighted by molar-refractivity contribution is 7.92. The van der Waals surface area contributed by atoms with E-state index in [4.69, 9.17) is 14.2 Å². The van der Waals surface area contributed by atoms with Crippen LogP contribution in [0.4, 0.5) is 5.69 Å². The number of aryl methyl sites for hydroxylation is 1. The lowest BCUT2D eigenvalue weighted by atomic mass is 10.2. The van der Waals surface area contributed by atoms with Crippen molar-refractivity contribution in [1.82, 2.24) is 4.57 Å². The van der Waals surface area contributed by atoms with E-state index in [0.717, 1.165) is 5.52 Å². The van der Waals surface area contributed by atoms with Crippen molar-refractivity contribution in [2.45, 2.75) is 4.90 Å². The molecular formula is C19H19N3O5S. The second-order valence-corrected chi connectivity index (χ2v) is 7.65. The summed E-state index contributed by atoms with van der Waals surface area (Å²) in [6.45, 7) is 0. The van der Waals surface area contributed by atoms with Crippen LogP contribution in [0.25, 0.3) is 10.9 Å². The van der Waals surface area contributed by atoms with Gasteiger partial charge in [-0.25, -0.2) is 8.42 Å². The maximum absolute atomic E-state index is 12.9. The molecule has 1 aromatic heterocycles. The molecule has 3 aromatic rings. The largest absolute Gasteiger partial charge is 0.493 e. The van der Waals surface area contributed by atoms with Crippen LogP contribution < -0.4 is 18.9 Å². The lowest BCUT2D eigenvalue weighted by Crippen LogP contribution is -2.13. The molecule has 0 aliphatic carbocycles. The molecule has 146 valence electrons. The van der Waals surface area contributed by atoms with E-state index < -0.39 is 10.0 Å². The molecule has 0 aliphatic rings. The molecule has 9 heteroatoms. The standard InChI is InChI=1S/C19H19N3O5S/c1-22-11-12(10-20)15-7-13(5-6-16(15)22)21-28(23,24)14-8-17(25-2)19(27-4)18(9-14)26-3/h5-9,11,21H,1-4H3. The second kappa shape index (κ2) is 7.32. The number of sulfonamides is 1. The number of anilines is 1. The maximum atomic E-state index is 12.9. The van der Waals surface area contributed by atoms with Crippen molar-refractivity contribution in [3.8, 4) is 23.3 Å². The Morgan fingerprint density at radius 3 is 2.21 bits per heavy atom. The van der Waals surface area contributed by atoms with Gasteiger partial charge in [0, 0.05) is 42.0 Å². The van der Waals surface area contributed by atoms with Crippen LogP contribution in [-0.2, 0) is 17.1 Å². The molecule has 0 saturated heterocycles. The molecule has 0 aliphatic heterocycles. The van der Waals surface area contributed by atoms with E-state index in [-0.39, 0.29) is 16.4 Å². The highest BCUT2D eigenvalue weighted by atomic mass is 32.2. The molecule has 0 spiro atoms. The van der Waals surface area contributed by atoms with Crippen molar-refractivity contribution in [3.63, 3.8) is 0 Å². The normalized spacial score (nSPS) is 11.1. The van der Waals surface area contributed by atoms with E-state index in [1.807, 2.05) is 11.6 Å². The van der Waals surface area contributed by atoms with Gasteiger partial charge in [-0.2, -0.15) is 5.26 Å². The predicted molar refractivity (Wildman–Crippen MR) is 105 cm³/mol. The van der Waals surface area contributed by atoms with Crippen LogP contribution in [0.1, 0.15) is 5.56 Å². The minimum absolute atomic E-state index is 0.0457. The number of hydrogen-bond acceptors (Lipinski definition) is 6. The summed E-state index contributed by atoms with van der Waals surface area (Å²) >= 11 is 0. The monoisotopic (exact) mass is 401 g/mol. The van der Waals surface area contributed by atoms with Gasteiger partial charge in [-0.3, -0.25) is 4.72 Å². The molecule has 8 nitrogen and oxygen atoms in total. The average Bonchev–Trinajstić information content (AvgIpc) is 3.01. The van der Waals surface area contributed by atoms with Gasteiger partial charge >= 0.3 is 0 Å². The summed E-state index contributed by atoms with van der Waals surface area (Å²) in [5.74, 6) is 0.758. The Bertz CT molecular complexity index is 1170. The third-order valence-electron chi connectivity index (χ3n) is 4.31. The van der Waals surface area contributed by atoms with Crippen molar-refractivity contribution in [2.75, 3.05) is 26.1 Å². The van der Waals surface area contributed by atoms with Crippen LogP contribution in [0.15, 0.2) is 41.4 Å². The minimum atomic E-state index is -3.94. The Kier molecular flexibility index (Phi) is 5.07. The Labute approximate surface area is 162 Å². The summed E-state index contributed by atoms with van der Waals surface area (Å²) in [5.41, 5.74) is 1.63. The number of methoxy groups -OCH3 is 3. The van der Waals surface area contributed by atoms with E-state index in [9.17, 15) is 13.7 Å². The number of nitrogens with one attached hydrogen (secondary N) is 1. The Hall–Kier alpha value is -3.38. The fourth-order valence-electron chi connectivity index (χ4n) is 2.97. The summed E-state index contributed by atoms with van der Waals surface area (Å²) in [5, 5.41) is 9.94. The molecule has 1 heterocycles. The first kappa shape index (κ1) is 19.4. The average molecular weight is 401 g/mol. The fourth-order valence-corrected chi connectivity index (χ4v) is 4.05. The third kappa shape index (κ3) is 3.30. The van der Waals surface area contributed by atoms with Crippen molar-refractivity contribution in [1.29, 1.82) is 5.26 Å². The molecule has 0 fully saturated rings. The van der Waals surface area contributed by atoms with Gasteiger partial charge in [0.25, 0.3) is 10.0 Å². The van der Waals surface area contributed by atoms with Gasteiger partial charge in [-0.1, -0.05) is 0 Å². The van der Waals surface area contributed by atoms with E-state index >= 15 is 0 Å². The minimum Gasteiger partial charge on any atom is -0.493 e. The molecule has 0 radical (unpaired) electrons. The van der Waals surface area contributed by atoms with Crippen molar-refractivity contribution in [2.24, 2.45) is 7.05 Å². The zero-order valence-electron chi connectivity index (χ0n) is 15.8. The molecular weight excluding hydrogens is 382 g/mol. The van der Waals surface area contributed by atoms with Gasteiger partial charge in [-0.15, -0.1) is 0 Å². The summed E-state index contributed by atoms with van der Waals surface area (Å²) in [6.07, 6.45) is 1.70. The number of nitrogens with zero attached hydrogens (tertiary/aromatic N) is 2. The quantitative estimate of drug-likeness (QED) is 0.681. The summed E-state index contributed by atoms with van der Waals surface area (Å²) in [7, 11) is 2.14. The van der Waals surface area contributed by atoms with E-state index in [0.29, 0.717) is 22.4 Å². The highest BCUT2D eigenvalue weighted by Crippen LogP contribution is 2.39. The van der Waals surface area contributed by atoms with Crippen LogP contribution in [-0.4, -0.2) is 34.3 Å². The molecule has 0 amide bonds. The molecule has 0 saturated carbocycles. The molecule has 2 aromatic carbocycles. The molecule has 28 heavy (non-hydrogen) atoms. The number of benzene rings is 2. The fraction of sp³-hybridized carbons (Fsp3) is 0.211. The van der Waals surface area contributed by atoms with Gasteiger partial charge in [0.2, 0.25) is 5.75 Å². The number of hydrogen-bond donors (Lipinski definition) is 1. The molecule has 0 atom stereocenters. The van der Waals surface area contributed by atoms with Gasteiger partial charge < -0.3 is 18.8 Å². The first-order chi connectivity index (χ1) is 13.3. The van der Waals surface area contributed by atoms with Crippen LogP contribution >= 0.6 is 0 Å². The van der Waals surface area contributed by atoms with Crippen LogP contribution in [0.5, 0.6) is 17.2 Å². The zero-order valence-corrected chi connectivity index (χ0v) is 16.6. The SMILES string of the molecule is COc1cc(S(=O)(=O)Nc2ccc3c(c2)c(C#N)cn3C)cc(OC)c1OC. The summed E-state index contributed by atoms with van der Waals surface area (Å²) < 4.78 is 45.8. The zero-order chi connectivity index (χ0) is 20.5. The Morgan fingerprint density at radius 2 is 1.68 bits per heavy atom. The van der Waals surface area contributed by atoms with E-state index in [1.54, 1.807) is 24.4 Å². The number of nitriles is 1. The first-order valence-corrected chi connectivity index (χ1v) is 9.65. The van der Waals surface area contributed by atoms with Gasteiger partial charge in [0.1, 0.15) is 6.07 Å². The third-order valence-corrected chi connectivity index (χ3v) is 5.67. The lowest BCUT2D eigenvalue weighted by Gasteiger charge is -2.15. The lowest BCUT2D eigenvalue weighted by molar-refractivity contribution is 0.323. The van der Waals surface area contributed by atoms with Crippen LogP contribution in [0.3, 0.4) is 0 Å². The Morgan fingerprint density at radius 1 is 1.04 bits per heavy atom. The smallest absolute Gasteiger partial charge is 0.262 e. The second-order valence-electron chi connectivity index (χ2n) is 5.96. The highest BCUT2D eigenvalue weighted by Gasteiger charge is 2.22. The number of aromatic nitrogens is 1. The topological polar surface area (TPSA) is 103 Å². The van der Waals surface area contributed by atoms with Crippen LogP contribution in [0, 0.1) is 11.3 Å². The molecule has 3 rings (SSSR count).